The van der Waals surface area contributed by atoms with E-state index in [1.165, 1.54) is 0 Å². The van der Waals surface area contributed by atoms with Crippen molar-refractivity contribution in [2.75, 3.05) is 0 Å². The van der Waals surface area contributed by atoms with Gasteiger partial charge >= 0.3 is 6.55 Å². The third kappa shape index (κ3) is 3.41. The molecule has 1 aromatic rings. The van der Waals surface area contributed by atoms with E-state index in [1.807, 2.05) is 0 Å². The molecular weight excluding hydrogens is 252 g/mol. The molecule has 2 N–H and O–H groups in total. The molecule has 3 nitrogen and oxygen atoms in total. The molecule has 0 radical (unpaired) electrons. The number of carbonyl (C=O) groups excluding carboxylic acids is 1. The van der Waals surface area contributed by atoms with E-state index < -0.39 is 23.7 Å². The van der Waals surface area contributed by atoms with Crippen LogP contribution in [0.2, 0.25) is 0 Å². The van der Waals surface area contributed by atoms with E-state index in [-0.39, 0.29) is 17.5 Å². The highest BCUT2D eigenvalue weighted by atomic mass is 19.3. The van der Waals surface area contributed by atoms with Crippen molar-refractivity contribution in [3.8, 4) is 0 Å². The maximum atomic E-state index is 13.2. The van der Waals surface area contributed by atoms with Crippen LogP contribution in [-0.4, -0.2) is 19.1 Å². The highest BCUT2D eigenvalue weighted by Gasteiger charge is 2.11. The van der Waals surface area contributed by atoms with Crippen LogP contribution in [0.25, 0.3) is 5.70 Å². The second-order valence-corrected chi connectivity index (χ2v) is 3.17. The van der Waals surface area contributed by atoms with Crippen molar-refractivity contribution in [3.63, 3.8) is 0 Å². The zero-order valence-corrected chi connectivity index (χ0v) is 8.91. The Hall–Kier alpha value is -2.18. The van der Waals surface area contributed by atoms with Gasteiger partial charge in [-0.05, 0) is 18.2 Å². The lowest BCUT2D eigenvalue weighted by molar-refractivity contribution is 0.111. The molecule has 1 rings (SSSR count). The van der Waals surface area contributed by atoms with Crippen molar-refractivity contribution in [1.29, 1.82) is 0 Å². The molecule has 0 fully saturated rings. The number of alkyl halides is 2. The number of nitrogens with zero attached hydrogens (tertiary/aromatic N) is 1. The Balaban J connectivity index is 3.07. The standard InChI is InChI=1S/C11H8F4N2O/c12-8-3-6(4-9(13)7(8)5-18)10(16)1-2-17-11(14)15/h1-5,11H,16H2. The van der Waals surface area contributed by atoms with Crippen LogP contribution < -0.4 is 5.73 Å². The summed E-state index contributed by atoms with van der Waals surface area (Å²) in [5.41, 5.74) is 4.47. The highest BCUT2D eigenvalue weighted by molar-refractivity contribution is 5.84. The first-order valence-corrected chi connectivity index (χ1v) is 4.67. The Labute approximate surface area is 99.6 Å². The van der Waals surface area contributed by atoms with Crippen molar-refractivity contribution in [2.45, 2.75) is 6.55 Å². The van der Waals surface area contributed by atoms with E-state index in [1.54, 1.807) is 0 Å². The number of benzene rings is 1. The van der Waals surface area contributed by atoms with E-state index >= 15 is 0 Å². The van der Waals surface area contributed by atoms with Gasteiger partial charge in [0.05, 0.1) is 5.56 Å². The van der Waals surface area contributed by atoms with Crippen LogP contribution in [-0.2, 0) is 0 Å². The number of allylic oxidation sites excluding steroid dienone is 1. The fraction of sp³-hybridized carbons (Fsp3) is 0.0909. The van der Waals surface area contributed by atoms with Crippen molar-refractivity contribution >= 4 is 18.2 Å². The van der Waals surface area contributed by atoms with Gasteiger partial charge in [0.2, 0.25) is 0 Å². The molecule has 1 aromatic carbocycles. The normalized spacial score (nSPS) is 12.4. The summed E-state index contributed by atoms with van der Waals surface area (Å²) in [6, 6.07) is 1.66. The zero-order valence-electron chi connectivity index (χ0n) is 8.91. The quantitative estimate of drug-likeness (QED) is 0.391. The number of rotatable bonds is 4. The molecule has 0 spiro atoms. The number of nitrogens with two attached hydrogens (primary N) is 1. The predicted molar refractivity (Wildman–Crippen MR) is 58.4 cm³/mol. The van der Waals surface area contributed by atoms with Crippen LogP contribution >= 0.6 is 0 Å². The first-order valence-electron chi connectivity index (χ1n) is 4.67. The first kappa shape index (κ1) is 13.9. The summed E-state index contributed by atoms with van der Waals surface area (Å²) in [5, 5.41) is 0. The SMILES string of the molecule is NC(=CC=NC(F)F)c1cc(F)c(C=O)c(F)c1. The maximum absolute atomic E-state index is 13.2. The Bertz CT molecular complexity index is 489. The molecule has 0 aliphatic carbocycles. The minimum atomic E-state index is -2.89. The number of hydrogen-bond acceptors (Lipinski definition) is 3. The average molecular weight is 260 g/mol. The summed E-state index contributed by atoms with van der Waals surface area (Å²) in [7, 11) is 0. The molecule has 96 valence electrons. The third-order valence-corrected chi connectivity index (χ3v) is 1.98. The number of aliphatic imine (C=N–C) groups is 1. The predicted octanol–water partition coefficient (Wildman–Crippen LogP) is 2.37. The van der Waals surface area contributed by atoms with E-state index in [2.05, 4.69) is 4.99 Å². The highest BCUT2D eigenvalue weighted by Crippen LogP contribution is 2.17. The van der Waals surface area contributed by atoms with Crippen LogP contribution in [0.3, 0.4) is 0 Å². The molecular formula is C11H8F4N2O. The summed E-state index contributed by atoms with van der Waals surface area (Å²) in [6.07, 6.45) is 1.73. The lowest BCUT2D eigenvalue weighted by Gasteiger charge is -2.03. The zero-order chi connectivity index (χ0) is 13.7. The summed E-state index contributed by atoms with van der Waals surface area (Å²) in [4.78, 5) is 13.1. The van der Waals surface area contributed by atoms with E-state index in [4.69, 9.17) is 5.73 Å². The molecule has 0 unspecified atom stereocenters. The smallest absolute Gasteiger partial charge is 0.331 e. The topological polar surface area (TPSA) is 55.4 Å². The Morgan fingerprint density at radius 2 is 1.83 bits per heavy atom. The minimum absolute atomic E-state index is 0.0343. The summed E-state index contributed by atoms with van der Waals surface area (Å²) >= 11 is 0. The summed E-state index contributed by atoms with van der Waals surface area (Å²) in [6.45, 7) is -2.89. The second kappa shape index (κ2) is 5.95. The number of hydrogen-bond donors (Lipinski definition) is 1. The molecule has 0 bridgehead atoms. The second-order valence-electron chi connectivity index (χ2n) is 3.17. The fourth-order valence-corrected chi connectivity index (χ4v) is 1.15. The van der Waals surface area contributed by atoms with Gasteiger partial charge in [0.25, 0.3) is 0 Å². The van der Waals surface area contributed by atoms with Crippen molar-refractivity contribution in [2.24, 2.45) is 10.7 Å². The molecule has 0 aromatic heterocycles. The molecule has 0 heterocycles. The van der Waals surface area contributed by atoms with Crippen LogP contribution in [0.15, 0.2) is 23.2 Å². The van der Waals surface area contributed by atoms with Crippen LogP contribution in [0.5, 0.6) is 0 Å². The third-order valence-electron chi connectivity index (χ3n) is 1.98. The van der Waals surface area contributed by atoms with Crippen molar-refractivity contribution in [3.05, 3.63) is 41.0 Å². The maximum Gasteiger partial charge on any atom is 0.331 e. The Morgan fingerprint density at radius 3 is 2.28 bits per heavy atom. The van der Waals surface area contributed by atoms with Gasteiger partial charge in [-0.15, -0.1) is 0 Å². The molecule has 18 heavy (non-hydrogen) atoms. The van der Waals surface area contributed by atoms with E-state index in [0.29, 0.717) is 0 Å². The Morgan fingerprint density at radius 1 is 1.28 bits per heavy atom. The van der Waals surface area contributed by atoms with Gasteiger partial charge < -0.3 is 5.73 Å². The number of halogens is 4. The fourth-order valence-electron chi connectivity index (χ4n) is 1.15. The van der Waals surface area contributed by atoms with E-state index in [0.717, 1.165) is 24.4 Å². The molecule has 0 aliphatic heterocycles. The molecule has 0 amide bonds. The average Bonchev–Trinajstić information content (AvgIpc) is 2.27. The number of aldehydes is 1. The minimum Gasteiger partial charge on any atom is -0.398 e. The molecule has 7 heteroatoms. The van der Waals surface area contributed by atoms with Crippen LogP contribution in [0.1, 0.15) is 15.9 Å². The van der Waals surface area contributed by atoms with Crippen molar-refractivity contribution < 1.29 is 22.4 Å². The van der Waals surface area contributed by atoms with Gasteiger partial charge in [-0.25, -0.2) is 13.8 Å². The Kier molecular flexibility index (Phi) is 4.59. The van der Waals surface area contributed by atoms with Gasteiger partial charge in [-0.2, -0.15) is 8.78 Å². The van der Waals surface area contributed by atoms with Gasteiger partial charge in [0.15, 0.2) is 6.29 Å². The lowest BCUT2D eigenvalue weighted by Crippen LogP contribution is -2.02. The first-order chi connectivity index (χ1) is 8.45. The van der Waals surface area contributed by atoms with Gasteiger partial charge in [-0.3, -0.25) is 4.79 Å². The van der Waals surface area contributed by atoms with Crippen molar-refractivity contribution in [1.82, 2.24) is 0 Å². The molecule has 0 saturated heterocycles. The van der Waals surface area contributed by atoms with Gasteiger partial charge in [0, 0.05) is 17.5 Å². The van der Waals surface area contributed by atoms with E-state index in [9.17, 15) is 22.4 Å². The number of carbonyl (C=O) groups is 1. The summed E-state index contributed by atoms with van der Waals surface area (Å²) in [5.74, 6) is -2.16. The largest absolute Gasteiger partial charge is 0.398 e. The molecule has 0 saturated carbocycles. The monoisotopic (exact) mass is 260 g/mol. The van der Waals surface area contributed by atoms with Gasteiger partial charge in [0.1, 0.15) is 11.6 Å². The van der Waals surface area contributed by atoms with Gasteiger partial charge in [-0.1, -0.05) is 0 Å². The molecule has 0 atom stereocenters. The lowest BCUT2D eigenvalue weighted by atomic mass is 10.1. The van der Waals surface area contributed by atoms with Crippen LogP contribution in [0, 0.1) is 11.6 Å². The van der Waals surface area contributed by atoms with Crippen LogP contribution in [0.4, 0.5) is 17.6 Å². The molecule has 0 aliphatic rings. The summed E-state index contributed by atoms with van der Waals surface area (Å²) < 4.78 is 49.8.